The number of nitrogens with zero attached hydrogens (tertiary/aromatic N) is 2. The van der Waals surface area contributed by atoms with Crippen molar-refractivity contribution in [1.82, 2.24) is 9.97 Å². The van der Waals surface area contributed by atoms with Gasteiger partial charge in [-0.15, -0.1) is 11.3 Å². The van der Waals surface area contributed by atoms with Crippen molar-refractivity contribution < 1.29 is 0 Å². The Labute approximate surface area is 123 Å². The van der Waals surface area contributed by atoms with Crippen LogP contribution in [0.5, 0.6) is 0 Å². The van der Waals surface area contributed by atoms with E-state index in [2.05, 4.69) is 18.0 Å². The maximum absolute atomic E-state index is 6.35. The van der Waals surface area contributed by atoms with Crippen LogP contribution in [0.1, 0.15) is 62.1 Å². The van der Waals surface area contributed by atoms with Crippen LogP contribution in [0.15, 0.2) is 6.07 Å². The molecule has 0 N–H and O–H groups in total. The Hall–Kier alpha value is -0.670. The first-order valence-electron chi connectivity index (χ1n) is 7.23. The van der Waals surface area contributed by atoms with Gasteiger partial charge in [0.15, 0.2) is 0 Å². The molecule has 3 rings (SSSR count). The summed E-state index contributed by atoms with van der Waals surface area (Å²) in [5.41, 5.74) is 0. The molecule has 0 aromatic carbocycles. The molecule has 1 aliphatic carbocycles. The molecule has 1 fully saturated rings. The van der Waals surface area contributed by atoms with E-state index in [1.54, 1.807) is 11.3 Å². The molecule has 102 valence electrons. The average Bonchev–Trinajstić information content (AvgIpc) is 2.65. The van der Waals surface area contributed by atoms with Gasteiger partial charge >= 0.3 is 0 Å². The molecule has 0 unspecified atom stereocenters. The van der Waals surface area contributed by atoms with E-state index in [1.807, 2.05) is 0 Å². The van der Waals surface area contributed by atoms with Gasteiger partial charge in [0.05, 0.1) is 0 Å². The zero-order valence-corrected chi connectivity index (χ0v) is 12.9. The Morgan fingerprint density at radius 2 is 1.95 bits per heavy atom. The first kappa shape index (κ1) is 13.3. The Kier molecular flexibility index (Phi) is 4.04. The van der Waals surface area contributed by atoms with E-state index in [0.29, 0.717) is 11.1 Å². The van der Waals surface area contributed by atoms with Gasteiger partial charge in [-0.1, -0.05) is 44.2 Å². The smallest absolute Gasteiger partial charge is 0.141 e. The van der Waals surface area contributed by atoms with Gasteiger partial charge in [0.2, 0.25) is 0 Å². The van der Waals surface area contributed by atoms with Crippen molar-refractivity contribution in [1.29, 1.82) is 0 Å². The third-order valence-electron chi connectivity index (χ3n) is 3.98. The number of aryl methyl sites for hydroxylation is 1. The largest absolute Gasteiger partial charge is 0.222 e. The minimum Gasteiger partial charge on any atom is -0.222 e. The summed E-state index contributed by atoms with van der Waals surface area (Å²) in [6.45, 7) is 2.16. The first-order chi connectivity index (χ1) is 9.28. The van der Waals surface area contributed by atoms with Gasteiger partial charge in [-0.2, -0.15) is 0 Å². The van der Waals surface area contributed by atoms with Crippen LogP contribution in [0.3, 0.4) is 0 Å². The summed E-state index contributed by atoms with van der Waals surface area (Å²) in [6.07, 6.45) is 8.78. The molecule has 0 amide bonds. The lowest BCUT2D eigenvalue weighted by molar-refractivity contribution is 0.563. The average molecular weight is 295 g/mol. The Morgan fingerprint density at radius 3 is 2.63 bits per heavy atom. The van der Waals surface area contributed by atoms with Crippen LogP contribution >= 0.6 is 22.9 Å². The van der Waals surface area contributed by atoms with E-state index in [9.17, 15) is 0 Å². The molecule has 2 aromatic heterocycles. The molecule has 0 saturated heterocycles. The van der Waals surface area contributed by atoms with E-state index in [0.717, 1.165) is 22.5 Å². The first-order valence-corrected chi connectivity index (χ1v) is 8.43. The number of rotatable bonds is 2. The quantitative estimate of drug-likeness (QED) is 0.551. The van der Waals surface area contributed by atoms with Crippen molar-refractivity contribution in [3.05, 3.63) is 21.9 Å². The number of aromatic nitrogens is 2. The van der Waals surface area contributed by atoms with Crippen molar-refractivity contribution in [3.8, 4) is 0 Å². The van der Waals surface area contributed by atoms with E-state index >= 15 is 0 Å². The van der Waals surface area contributed by atoms with Crippen LogP contribution in [0, 0.1) is 0 Å². The SMILES string of the molecule is CCc1cc2c(Cl)nc(C3CCCCCC3)nc2s1. The maximum atomic E-state index is 6.35. The van der Waals surface area contributed by atoms with Crippen molar-refractivity contribution >= 4 is 33.2 Å². The normalized spacial score (nSPS) is 17.8. The van der Waals surface area contributed by atoms with Gasteiger partial charge in [-0.05, 0) is 25.3 Å². The Morgan fingerprint density at radius 1 is 1.21 bits per heavy atom. The molecule has 2 aromatic rings. The fourth-order valence-corrected chi connectivity index (χ4v) is 4.11. The minimum absolute atomic E-state index is 0.511. The predicted octanol–water partition coefficient (Wildman–Crippen LogP) is 5.34. The summed E-state index contributed by atoms with van der Waals surface area (Å²) in [5, 5.41) is 1.67. The van der Waals surface area contributed by atoms with E-state index < -0.39 is 0 Å². The number of halogens is 1. The van der Waals surface area contributed by atoms with Gasteiger partial charge in [-0.3, -0.25) is 0 Å². The molecule has 4 heteroatoms. The number of hydrogen-bond acceptors (Lipinski definition) is 3. The highest BCUT2D eigenvalue weighted by Gasteiger charge is 2.19. The second kappa shape index (κ2) is 5.76. The van der Waals surface area contributed by atoms with Gasteiger partial charge in [0.25, 0.3) is 0 Å². The van der Waals surface area contributed by atoms with Gasteiger partial charge < -0.3 is 0 Å². The van der Waals surface area contributed by atoms with Crippen LogP contribution in [0.25, 0.3) is 10.2 Å². The summed E-state index contributed by atoms with van der Waals surface area (Å²) in [6, 6.07) is 2.14. The van der Waals surface area contributed by atoms with Gasteiger partial charge in [0.1, 0.15) is 15.8 Å². The molecule has 0 aliphatic heterocycles. The lowest BCUT2D eigenvalue weighted by Gasteiger charge is -2.12. The van der Waals surface area contributed by atoms with E-state index in [1.165, 1.54) is 43.4 Å². The molecule has 0 spiro atoms. The fraction of sp³-hybridized carbons (Fsp3) is 0.600. The van der Waals surface area contributed by atoms with Crippen molar-refractivity contribution in [2.24, 2.45) is 0 Å². The lowest BCUT2D eigenvalue weighted by atomic mass is 9.99. The van der Waals surface area contributed by atoms with Gasteiger partial charge in [-0.25, -0.2) is 9.97 Å². The second-order valence-corrected chi connectivity index (χ2v) is 6.82. The molecule has 0 radical (unpaired) electrons. The van der Waals surface area contributed by atoms with E-state index in [4.69, 9.17) is 16.6 Å². The Balaban J connectivity index is 1.99. The zero-order chi connectivity index (χ0) is 13.2. The highest BCUT2D eigenvalue weighted by molar-refractivity contribution is 7.18. The van der Waals surface area contributed by atoms with Crippen LogP contribution in [0.4, 0.5) is 0 Å². The topological polar surface area (TPSA) is 25.8 Å². The van der Waals surface area contributed by atoms with Crippen LogP contribution in [-0.4, -0.2) is 9.97 Å². The van der Waals surface area contributed by atoms with Crippen LogP contribution < -0.4 is 0 Å². The summed E-state index contributed by atoms with van der Waals surface area (Å²) in [7, 11) is 0. The van der Waals surface area contributed by atoms with Crippen molar-refractivity contribution in [3.63, 3.8) is 0 Å². The molecule has 1 saturated carbocycles. The summed E-state index contributed by atoms with van der Waals surface area (Å²) < 4.78 is 0. The van der Waals surface area contributed by atoms with E-state index in [-0.39, 0.29) is 0 Å². The molecule has 0 atom stereocenters. The molecule has 2 nitrogen and oxygen atoms in total. The predicted molar refractivity (Wildman–Crippen MR) is 82.2 cm³/mol. The zero-order valence-electron chi connectivity index (χ0n) is 11.3. The monoisotopic (exact) mass is 294 g/mol. The van der Waals surface area contributed by atoms with Crippen LogP contribution in [-0.2, 0) is 6.42 Å². The molecule has 2 heterocycles. The molecule has 19 heavy (non-hydrogen) atoms. The molecular weight excluding hydrogens is 276 g/mol. The van der Waals surface area contributed by atoms with Crippen molar-refractivity contribution in [2.45, 2.75) is 57.8 Å². The highest BCUT2D eigenvalue weighted by atomic mass is 35.5. The molecular formula is C15H19ClN2S. The van der Waals surface area contributed by atoms with Crippen LogP contribution in [0.2, 0.25) is 5.15 Å². The lowest BCUT2D eigenvalue weighted by Crippen LogP contribution is -2.03. The third kappa shape index (κ3) is 2.77. The minimum atomic E-state index is 0.511. The number of hydrogen-bond donors (Lipinski definition) is 0. The standard InChI is InChI=1S/C15H19ClN2S/c1-2-11-9-12-13(16)17-14(18-15(12)19-11)10-7-5-3-4-6-8-10/h9-10H,2-8H2,1H3. The number of fused-ring (bicyclic) bond motifs is 1. The second-order valence-electron chi connectivity index (χ2n) is 5.35. The summed E-state index contributed by atoms with van der Waals surface area (Å²) in [4.78, 5) is 11.8. The summed E-state index contributed by atoms with van der Waals surface area (Å²) in [5.74, 6) is 1.49. The summed E-state index contributed by atoms with van der Waals surface area (Å²) >= 11 is 8.11. The number of thiophene rings is 1. The highest BCUT2D eigenvalue weighted by Crippen LogP contribution is 2.34. The third-order valence-corrected chi connectivity index (χ3v) is 5.44. The van der Waals surface area contributed by atoms with Gasteiger partial charge in [0, 0.05) is 16.2 Å². The van der Waals surface area contributed by atoms with Crippen molar-refractivity contribution in [2.75, 3.05) is 0 Å². The maximum Gasteiger partial charge on any atom is 0.141 e. The Bertz CT molecular complexity index is 571. The molecule has 1 aliphatic rings. The molecule has 0 bridgehead atoms. The fourth-order valence-electron chi connectivity index (χ4n) is 2.85.